The second-order valence-corrected chi connectivity index (χ2v) is 4.87. The maximum Gasteiger partial charge on any atom is 0.0379 e. The fourth-order valence-corrected chi connectivity index (χ4v) is 2.47. The highest BCUT2D eigenvalue weighted by Crippen LogP contribution is 2.24. The largest absolute Gasteiger partial charge is 0.312 e. The van der Waals surface area contributed by atoms with Crippen molar-refractivity contribution in [3.05, 3.63) is 0 Å². The predicted octanol–water partition coefficient (Wildman–Crippen LogP) is 3.03. The van der Waals surface area contributed by atoms with E-state index in [1.54, 1.807) is 0 Å². The molecule has 1 N–H and O–H groups in total. The molecule has 1 fully saturated rings. The van der Waals surface area contributed by atoms with Gasteiger partial charge in [0.1, 0.15) is 0 Å². The van der Waals surface area contributed by atoms with E-state index in [0.29, 0.717) is 12.0 Å². The molecule has 0 bridgehead atoms. The molecule has 1 aliphatic rings. The molecule has 2 heteroatoms. The van der Waals surface area contributed by atoms with Crippen molar-refractivity contribution in [3.63, 3.8) is 0 Å². The first-order valence-electron chi connectivity index (χ1n) is 5.53. The van der Waals surface area contributed by atoms with Crippen LogP contribution in [0.25, 0.3) is 0 Å². The van der Waals surface area contributed by atoms with E-state index in [1.807, 2.05) is 0 Å². The smallest absolute Gasteiger partial charge is 0.0379 e. The standard InChI is InChI=1S/C11H22ClN/c1-9(2)11(7-12)13-8-10-5-3-4-6-10/h9-11,13H,3-8H2,1-2H3. The molecule has 0 amide bonds. The van der Waals surface area contributed by atoms with Gasteiger partial charge in [-0.2, -0.15) is 0 Å². The minimum Gasteiger partial charge on any atom is -0.312 e. The van der Waals surface area contributed by atoms with Gasteiger partial charge in [0, 0.05) is 11.9 Å². The van der Waals surface area contributed by atoms with Crippen LogP contribution >= 0.6 is 11.6 Å². The first kappa shape index (κ1) is 11.3. The van der Waals surface area contributed by atoms with E-state index < -0.39 is 0 Å². The van der Waals surface area contributed by atoms with E-state index in [9.17, 15) is 0 Å². The zero-order valence-electron chi connectivity index (χ0n) is 8.85. The lowest BCUT2D eigenvalue weighted by Crippen LogP contribution is -2.38. The molecular weight excluding hydrogens is 182 g/mol. The van der Waals surface area contributed by atoms with Crippen molar-refractivity contribution in [1.82, 2.24) is 5.32 Å². The Morgan fingerprint density at radius 3 is 2.38 bits per heavy atom. The summed E-state index contributed by atoms with van der Waals surface area (Å²) in [5.41, 5.74) is 0. The van der Waals surface area contributed by atoms with Crippen LogP contribution in [0.15, 0.2) is 0 Å². The van der Waals surface area contributed by atoms with Crippen molar-refractivity contribution in [3.8, 4) is 0 Å². The molecule has 13 heavy (non-hydrogen) atoms. The average Bonchev–Trinajstić information content (AvgIpc) is 2.57. The van der Waals surface area contributed by atoms with Gasteiger partial charge in [-0.05, 0) is 31.2 Å². The zero-order chi connectivity index (χ0) is 9.68. The molecule has 1 nitrogen and oxygen atoms in total. The Hall–Kier alpha value is 0.250. The summed E-state index contributed by atoms with van der Waals surface area (Å²) in [6.07, 6.45) is 5.69. The average molecular weight is 204 g/mol. The lowest BCUT2D eigenvalue weighted by atomic mass is 10.0. The number of alkyl halides is 1. The summed E-state index contributed by atoms with van der Waals surface area (Å²) in [6.45, 7) is 5.64. The molecule has 0 aromatic carbocycles. The van der Waals surface area contributed by atoms with Crippen molar-refractivity contribution in [2.75, 3.05) is 12.4 Å². The highest BCUT2D eigenvalue weighted by Gasteiger charge is 2.17. The molecule has 0 radical (unpaired) electrons. The fourth-order valence-electron chi connectivity index (χ4n) is 2.00. The summed E-state index contributed by atoms with van der Waals surface area (Å²) >= 11 is 5.89. The maximum atomic E-state index is 5.89. The Labute approximate surface area is 87.2 Å². The SMILES string of the molecule is CC(C)C(CCl)NCC1CCCC1. The van der Waals surface area contributed by atoms with Gasteiger partial charge in [0.15, 0.2) is 0 Å². The monoisotopic (exact) mass is 203 g/mol. The van der Waals surface area contributed by atoms with E-state index >= 15 is 0 Å². The third-order valence-corrected chi connectivity index (χ3v) is 3.45. The van der Waals surface area contributed by atoms with Crippen molar-refractivity contribution >= 4 is 11.6 Å². The number of hydrogen-bond donors (Lipinski definition) is 1. The van der Waals surface area contributed by atoms with Gasteiger partial charge in [-0.15, -0.1) is 11.6 Å². The van der Waals surface area contributed by atoms with Crippen molar-refractivity contribution in [2.24, 2.45) is 11.8 Å². The summed E-state index contributed by atoms with van der Waals surface area (Å²) in [5.74, 6) is 2.31. The molecule has 1 rings (SSSR count). The van der Waals surface area contributed by atoms with Gasteiger partial charge in [-0.25, -0.2) is 0 Å². The zero-order valence-corrected chi connectivity index (χ0v) is 9.61. The van der Waals surface area contributed by atoms with Crippen LogP contribution in [0.2, 0.25) is 0 Å². The highest BCUT2D eigenvalue weighted by molar-refractivity contribution is 6.18. The van der Waals surface area contributed by atoms with Gasteiger partial charge in [0.05, 0.1) is 0 Å². The molecule has 1 atom stereocenters. The second-order valence-electron chi connectivity index (χ2n) is 4.56. The van der Waals surface area contributed by atoms with Crippen LogP contribution in [0.1, 0.15) is 39.5 Å². The third kappa shape index (κ3) is 3.86. The van der Waals surface area contributed by atoms with Gasteiger partial charge in [0.2, 0.25) is 0 Å². The Bertz CT molecular complexity index is 130. The number of rotatable bonds is 5. The summed E-state index contributed by atoms with van der Waals surface area (Å²) in [6, 6.07) is 0.502. The van der Waals surface area contributed by atoms with E-state index in [1.165, 1.54) is 32.2 Å². The topological polar surface area (TPSA) is 12.0 Å². The van der Waals surface area contributed by atoms with Crippen LogP contribution in [0.5, 0.6) is 0 Å². The third-order valence-electron chi connectivity index (χ3n) is 3.11. The first-order valence-corrected chi connectivity index (χ1v) is 6.07. The second kappa shape index (κ2) is 5.87. The van der Waals surface area contributed by atoms with E-state index in [2.05, 4.69) is 19.2 Å². The Morgan fingerprint density at radius 1 is 1.31 bits per heavy atom. The maximum absolute atomic E-state index is 5.89. The molecular formula is C11H22ClN. The lowest BCUT2D eigenvalue weighted by molar-refractivity contribution is 0.386. The Kier molecular flexibility index (Phi) is 5.12. The molecule has 0 heterocycles. The Morgan fingerprint density at radius 2 is 1.92 bits per heavy atom. The van der Waals surface area contributed by atoms with E-state index in [4.69, 9.17) is 11.6 Å². The summed E-state index contributed by atoms with van der Waals surface area (Å²) in [4.78, 5) is 0. The van der Waals surface area contributed by atoms with Crippen molar-refractivity contribution in [1.29, 1.82) is 0 Å². The molecule has 1 saturated carbocycles. The lowest BCUT2D eigenvalue weighted by Gasteiger charge is -2.21. The normalized spacial score (nSPS) is 21.2. The van der Waals surface area contributed by atoms with Crippen LogP contribution in [0.3, 0.4) is 0 Å². The van der Waals surface area contributed by atoms with Crippen LogP contribution in [0, 0.1) is 11.8 Å². The summed E-state index contributed by atoms with van der Waals surface area (Å²) < 4.78 is 0. The van der Waals surface area contributed by atoms with Crippen LogP contribution < -0.4 is 5.32 Å². The summed E-state index contributed by atoms with van der Waals surface area (Å²) in [5, 5.41) is 3.58. The minimum atomic E-state index is 0.502. The minimum absolute atomic E-state index is 0.502. The van der Waals surface area contributed by atoms with Gasteiger partial charge in [-0.3, -0.25) is 0 Å². The van der Waals surface area contributed by atoms with Crippen LogP contribution in [-0.4, -0.2) is 18.5 Å². The fraction of sp³-hybridized carbons (Fsp3) is 1.00. The predicted molar refractivity (Wildman–Crippen MR) is 59.3 cm³/mol. The molecule has 1 unspecified atom stereocenters. The van der Waals surface area contributed by atoms with E-state index in [0.717, 1.165) is 11.8 Å². The van der Waals surface area contributed by atoms with Gasteiger partial charge in [-0.1, -0.05) is 26.7 Å². The van der Waals surface area contributed by atoms with Gasteiger partial charge in [0.25, 0.3) is 0 Å². The molecule has 0 saturated heterocycles. The summed E-state index contributed by atoms with van der Waals surface area (Å²) in [7, 11) is 0. The van der Waals surface area contributed by atoms with Crippen LogP contribution in [-0.2, 0) is 0 Å². The number of hydrogen-bond acceptors (Lipinski definition) is 1. The molecule has 1 aliphatic carbocycles. The van der Waals surface area contributed by atoms with Crippen LogP contribution in [0.4, 0.5) is 0 Å². The molecule has 0 spiro atoms. The number of nitrogens with one attached hydrogen (secondary N) is 1. The quantitative estimate of drug-likeness (QED) is 0.678. The molecule has 0 aliphatic heterocycles. The van der Waals surface area contributed by atoms with Gasteiger partial charge >= 0.3 is 0 Å². The molecule has 0 aromatic heterocycles. The van der Waals surface area contributed by atoms with Crippen molar-refractivity contribution < 1.29 is 0 Å². The van der Waals surface area contributed by atoms with E-state index in [-0.39, 0.29) is 0 Å². The van der Waals surface area contributed by atoms with Gasteiger partial charge < -0.3 is 5.32 Å². The number of halogens is 1. The van der Waals surface area contributed by atoms with Crippen molar-refractivity contribution in [2.45, 2.75) is 45.6 Å². The first-order chi connectivity index (χ1) is 6.24. The molecule has 0 aromatic rings. The Balaban J connectivity index is 2.15. The highest BCUT2D eigenvalue weighted by atomic mass is 35.5. The molecule has 78 valence electrons.